The van der Waals surface area contributed by atoms with Crippen molar-refractivity contribution < 1.29 is 14.2 Å². The number of benzene rings is 1. The van der Waals surface area contributed by atoms with Crippen LogP contribution in [-0.2, 0) is 0 Å². The molecule has 2 rings (SSSR count). The SMILES string of the molecule is C[C@H](O)c1c(F)cc(Br)cc1OC1CCCC1. The maximum Gasteiger partial charge on any atom is 0.133 e. The molecule has 1 aromatic carbocycles. The van der Waals surface area contributed by atoms with Gasteiger partial charge in [0.1, 0.15) is 11.6 Å². The van der Waals surface area contributed by atoms with Crippen LogP contribution in [0.5, 0.6) is 5.75 Å². The molecule has 0 radical (unpaired) electrons. The summed E-state index contributed by atoms with van der Waals surface area (Å²) in [5, 5.41) is 9.61. The van der Waals surface area contributed by atoms with Gasteiger partial charge in [-0.2, -0.15) is 0 Å². The van der Waals surface area contributed by atoms with Crippen molar-refractivity contribution in [3.63, 3.8) is 0 Å². The molecule has 0 aliphatic heterocycles. The molecule has 0 unspecified atom stereocenters. The number of rotatable bonds is 3. The first-order chi connectivity index (χ1) is 8.08. The van der Waals surface area contributed by atoms with Crippen LogP contribution >= 0.6 is 15.9 Å². The second-order valence-electron chi connectivity index (χ2n) is 4.50. The minimum Gasteiger partial charge on any atom is -0.490 e. The highest BCUT2D eigenvalue weighted by Gasteiger charge is 2.21. The van der Waals surface area contributed by atoms with Crippen LogP contribution in [0.3, 0.4) is 0 Å². The van der Waals surface area contributed by atoms with Gasteiger partial charge in [-0.25, -0.2) is 4.39 Å². The van der Waals surface area contributed by atoms with Crippen molar-refractivity contribution in [1.82, 2.24) is 0 Å². The zero-order valence-electron chi connectivity index (χ0n) is 9.75. The molecule has 0 aromatic heterocycles. The average Bonchev–Trinajstić information content (AvgIpc) is 2.68. The van der Waals surface area contributed by atoms with Crippen LogP contribution in [0.2, 0.25) is 0 Å². The van der Waals surface area contributed by atoms with Crippen LogP contribution in [0.1, 0.15) is 44.3 Å². The van der Waals surface area contributed by atoms with E-state index in [2.05, 4.69) is 15.9 Å². The van der Waals surface area contributed by atoms with Crippen molar-refractivity contribution in [3.8, 4) is 5.75 Å². The number of aliphatic hydroxyl groups excluding tert-OH is 1. The Labute approximate surface area is 109 Å². The molecule has 4 heteroatoms. The summed E-state index contributed by atoms with van der Waals surface area (Å²) < 4.78 is 20.2. The number of aliphatic hydroxyl groups is 1. The zero-order valence-corrected chi connectivity index (χ0v) is 11.3. The minimum absolute atomic E-state index is 0.154. The molecule has 2 nitrogen and oxygen atoms in total. The van der Waals surface area contributed by atoms with Gasteiger partial charge in [0.05, 0.1) is 17.8 Å². The first-order valence-electron chi connectivity index (χ1n) is 5.91. The molecule has 1 N–H and O–H groups in total. The van der Waals surface area contributed by atoms with E-state index in [1.54, 1.807) is 13.0 Å². The molecule has 1 aliphatic carbocycles. The van der Waals surface area contributed by atoms with E-state index in [1.165, 1.54) is 6.07 Å². The lowest BCUT2D eigenvalue weighted by Gasteiger charge is -2.18. The first kappa shape index (κ1) is 12.8. The van der Waals surface area contributed by atoms with E-state index in [1.807, 2.05) is 0 Å². The minimum atomic E-state index is -0.862. The van der Waals surface area contributed by atoms with Crippen molar-refractivity contribution >= 4 is 15.9 Å². The molecule has 0 heterocycles. The maximum atomic E-state index is 13.8. The number of hydrogen-bond donors (Lipinski definition) is 1. The molecule has 1 fully saturated rings. The Balaban J connectivity index is 2.29. The Morgan fingerprint density at radius 1 is 1.41 bits per heavy atom. The predicted molar refractivity (Wildman–Crippen MR) is 67.6 cm³/mol. The number of hydrogen-bond acceptors (Lipinski definition) is 2. The van der Waals surface area contributed by atoms with Crippen molar-refractivity contribution in [2.75, 3.05) is 0 Å². The largest absolute Gasteiger partial charge is 0.490 e. The molecule has 0 amide bonds. The third kappa shape index (κ3) is 2.99. The highest BCUT2D eigenvalue weighted by molar-refractivity contribution is 9.10. The van der Waals surface area contributed by atoms with E-state index in [0.29, 0.717) is 10.2 Å². The summed E-state index contributed by atoms with van der Waals surface area (Å²) in [6, 6.07) is 3.08. The Bertz CT molecular complexity index is 401. The van der Waals surface area contributed by atoms with E-state index in [-0.39, 0.29) is 11.7 Å². The van der Waals surface area contributed by atoms with Gasteiger partial charge in [-0.3, -0.25) is 0 Å². The standard InChI is InChI=1S/C13H16BrFO2/c1-8(16)13-11(15)6-9(14)7-12(13)17-10-4-2-3-5-10/h6-8,10,16H,2-5H2,1H3/t8-/m0/s1. The van der Waals surface area contributed by atoms with Crippen LogP contribution in [0, 0.1) is 5.82 Å². The molecule has 1 saturated carbocycles. The van der Waals surface area contributed by atoms with Crippen molar-refractivity contribution in [2.45, 2.75) is 44.8 Å². The summed E-state index contributed by atoms with van der Waals surface area (Å²) in [5.74, 6) is 0.0288. The molecule has 1 atom stereocenters. The molecule has 1 aromatic rings. The second-order valence-corrected chi connectivity index (χ2v) is 5.42. The second kappa shape index (κ2) is 5.36. The van der Waals surface area contributed by atoms with Gasteiger partial charge in [0.2, 0.25) is 0 Å². The van der Waals surface area contributed by atoms with E-state index in [0.717, 1.165) is 25.7 Å². The highest BCUT2D eigenvalue weighted by Crippen LogP contribution is 2.34. The van der Waals surface area contributed by atoms with Gasteiger partial charge in [0.25, 0.3) is 0 Å². The molecule has 0 bridgehead atoms. The maximum absolute atomic E-state index is 13.8. The third-order valence-corrected chi connectivity index (χ3v) is 3.53. The predicted octanol–water partition coefficient (Wildman–Crippen LogP) is 3.96. The fourth-order valence-electron chi connectivity index (χ4n) is 2.25. The molecular formula is C13H16BrFO2. The van der Waals surface area contributed by atoms with Crippen LogP contribution in [0.15, 0.2) is 16.6 Å². The summed E-state index contributed by atoms with van der Waals surface area (Å²) in [6.45, 7) is 1.55. The average molecular weight is 303 g/mol. The summed E-state index contributed by atoms with van der Waals surface area (Å²) in [4.78, 5) is 0. The van der Waals surface area contributed by atoms with Crippen LogP contribution < -0.4 is 4.74 Å². The Morgan fingerprint density at radius 3 is 2.65 bits per heavy atom. The van der Waals surface area contributed by atoms with E-state index in [9.17, 15) is 9.50 Å². The first-order valence-corrected chi connectivity index (χ1v) is 6.71. The summed E-state index contributed by atoms with van der Waals surface area (Å²) >= 11 is 3.24. The lowest BCUT2D eigenvalue weighted by molar-refractivity contribution is 0.169. The molecule has 0 spiro atoms. The van der Waals surface area contributed by atoms with Gasteiger partial charge in [0, 0.05) is 4.47 Å². The van der Waals surface area contributed by atoms with E-state index < -0.39 is 11.9 Å². The fraction of sp³-hybridized carbons (Fsp3) is 0.538. The van der Waals surface area contributed by atoms with Crippen molar-refractivity contribution in [3.05, 3.63) is 28.0 Å². The van der Waals surface area contributed by atoms with E-state index >= 15 is 0 Å². The summed E-state index contributed by atoms with van der Waals surface area (Å²) in [7, 11) is 0. The van der Waals surface area contributed by atoms with Gasteiger partial charge in [-0.1, -0.05) is 15.9 Å². The van der Waals surface area contributed by atoms with Gasteiger partial charge in [0.15, 0.2) is 0 Å². The Morgan fingerprint density at radius 2 is 2.06 bits per heavy atom. The van der Waals surface area contributed by atoms with Crippen molar-refractivity contribution in [2.24, 2.45) is 0 Å². The normalized spacial score (nSPS) is 18.4. The van der Waals surface area contributed by atoms with Crippen molar-refractivity contribution in [1.29, 1.82) is 0 Å². The molecule has 17 heavy (non-hydrogen) atoms. The zero-order chi connectivity index (χ0) is 12.4. The van der Waals surface area contributed by atoms with Gasteiger partial charge >= 0.3 is 0 Å². The van der Waals surface area contributed by atoms with Crippen LogP contribution in [0.4, 0.5) is 4.39 Å². The van der Waals surface area contributed by atoms with E-state index in [4.69, 9.17) is 4.74 Å². The molecular weight excluding hydrogens is 287 g/mol. The summed E-state index contributed by atoms with van der Waals surface area (Å²) in [5.41, 5.74) is 0.250. The fourth-order valence-corrected chi connectivity index (χ4v) is 2.66. The number of halogens is 2. The monoisotopic (exact) mass is 302 g/mol. The van der Waals surface area contributed by atoms with Gasteiger partial charge in [-0.15, -0.1) is 0 Å². The van der Waals surface area contributed by atoms with Gasteiger partial charge in [-0.05, 0) is 44.7 Å². The molecule has 94 valence electrons. The lowest BCUT2D eigenvalue weighted by Crippen LogP contribution is -2.13. The summed E-state index contributed by atoms with van der Waals surface area (Å²) in [6.07, 6.45) is 3.62. The Hall–Kier alpha value is -0.610. The van der Waals surface area contributed by atoms with Crippen LogP contribution in [-0.4, -0.2) is 11.2 Å². The highest BCUT2D eigenvalue weighted by atomic mass is 79.9. The topological polar surface area (TPSA) is 29.5 Å². The third-order valence-electron chi connectivity index (χ3n) is 3.07. The lowest BCUT2D eigenvalue weighted by atomic mass is 10.1. The number of ether oxygens (including phenoxy) is 1. The van der Waals surface area contributed by atoms with Crippen LogP contribution in [0.25, 0.3) is 0 Å². The molecule has 0 saturated heterocycles. The smallest absolute Gasteiger partial charge is 0.133 e. The quantitative estimate of drug-likeness (QED) is 0.915. The van der Waals surface area contributed by atoms with Gasteiger partial charge < -0.3 is 9.84 Å². The molecule has 1 aliphatic rings. The Kier molecular flexibility index (Phi) is 4.05.